The van der Waals surface area contributed by atoms with E-state index >= 15 is 0 Å². The number of rotatable bonds is 1. The molecule has 2 heterocycles. The highest BCUT2D eigenvalue weighted by atomic mass is 35.5. The molecule has 0 aromatic carbocycles. The second-order valence-electron chi connectivity index (χ2n) is 5.21. The molecule has 1 aliphatic rings. The number of likely N-dealkylation sites (N-methyl/N-ethyl adjacent to an activating group) is 1. The summed E-state index contributed by atoms with van der Waals surface area (Å²) >= 11 is 11.7. The van der Waals surface area contributed by atoms with Gasteiger partial charge in [-0.05, 0) is 26.0 Å². The van der Waals surface area contributed by atoms with E-state index in [2.05, 4.69) is 4.98 Å². The topological polar surface area (TPSA) is 53.5 Å². The number of hydrogen-bond acceptors (Lipinski definition) is 3. The molecule has 7 heteroatoms. The van der Waals surface area contributed by atoms with E-state index in [1.165, 1.54) is 17.0 Å². The Bertz CT molecular complexity index is 575. The molecule has 20 heavy (non-hydrogen) atoms. The lowest BCUT2D eigenvalue weighted by molar-refractivity contribution is -0.144. The van der Waals surface area contributed by atoms with Crippen LogP contribution in [0.2, 0.25) is 10.3 Å². The van der Waals surface area contributed by atoms with Gasteiger partial charge < -0.3 is 9.80 Å². The average molecular weight is 316 g/mol. The van der Waals surface area contributed by atoms with E-state index in [1.807, 2.05) is 0 Å². The molecule has 2 amide bonds. The molecule has 1 aliphatic heterocycles. The molecule has 108 valence electrons. The molecule has 0 N–H and O–H groups in total. The van der Waals surface area contributed by atoms with E-state index in [0.717, 1.165) is 0 Å². The summed E-state index contributed by atoms with van der Waals surface area (Å²) in [4.78, 5) is 31.8. The van der Waals surface area contributed by atoms with Gasteiger partial charge in [-0.15, -0.1) is 0 Å². The minimum Gasteiger partial charge on any atom is -0.342 e. The van der Waals surface area contributed by atoms with Crippen LogP contribution in [-0.4, -0.2) is 52.3 Å². The van der Waals surface area contributed by atoms with Crippen molar-refractivity contribution >= 4 is 35.0 Å². The van der Waals surface area contributed by atoms with Gasteiger partial charge in [-0.1, -0.05) is 23.2 Å². The van der Waals surface area contributed by atoms with E-state index < -0.39 is 5.54 Å². The van der Waals surface area contributed by atoms with Crippen molar-refractivity contribution in [1.82, 2.24) is 14.8 Å². The second-order valence-corrected chi connectivity index (χ2v) is 5.96. The summed E-state index contributed by atoms with van der Waals surface area (Å²) in [6.07, 6.45) is 0. The molecule has 0 unspecified atom stereocenters. The maximum Gasteiger partial charge on any atom is 0.257 e. The minimum atomic E-state index is -0.910. The summed E-state index contributed by atoms with van der Waals surface area (Å²) in [6.45, 7) is 4.39. The molecular formula is C13H15Cl2N3O2. The van der Waals surface area contributed by atoms with Crippen molar-refractivity contribution in [1.29, 1.82) is 0 Å². The lowest BCUT2D eigenvalue weighted by atomic mass is 9.97. The Hall–Kier alpha value is -1.33. The minimum absolute atomic E-state index is 0.0460. The maximum absolute atomic E-state index is 12.6. The summed E-state index contributed by atoms with van der Waals surface area (Å²) in [6, 6.07) is 3.03. The summed E-state index contributed by atoms with van der Waals surface area (Å²) < 4.78 is 0. The third-order valence-corrected chi connectivity index (χ3v) is 3.99. The highest BCUT2D eigenvalue weighted by Gasteiger charge is 2.43. The second kappa shape index (κ2) is 5.22. The van der Waals surface area contributed by atoms with Crippen LogP contribution >= 0.6 is 23.2 Å². The van der Waals surface area contributed by atoms with Crippen molar-refractivity contribution in [2.45, 2.75) is 19.4 Å². The van der Waals surface area contributed by atoms with E-state index in [0.29, 0.717) is 13.1 Å². The Labute approximate surface area is 127 Å². The number of piperazine rings is 1. The molecule has 0 spiro atoms. The quantitative estimate of drug-likeness (QED) is 0.746. The summed E-state index contributed by atoms with van der Waals surface area (Å²) in [5.74, 6) is -0.416. The number of amides is 2. The molecule has 1 aromatic heterocycles. The van der Waals surface area contributed by atoms with Crippen LogP contribution in [0.5, 0.6) is 0 Å². The first-order valence-corrected chi connectivity index (χ1v) is 6.90. The predicted molar refractivity (Wildman–Crippen MR) is 77.0 cm³/mol. The normalized spacial score (nSPS) is 18.4. The number of pyridine rings is 1. The fourth-order valence-corrected chi connectivity index (χ4v) is 2.71. The fraction of sp³-hybridized carbons (Fsp3) is 0.462. The zero-order valence-electron chi connectivity index (χ0n) is 11.5. The van der Waals surface area contributed by atoms with Crippen LogP contribution in [-0.2, 0) is 4.79 Å². The monoisotopic (exact) mass is 315 g/mol. The number of carbonyl (C=O) groups is 2. The molecule has 5 nitrogen and oxygen atoms in total. The molecule has 1 aromatic rings. The molecule has 0 saturated carbocycles. The molecule has 0 aliphatic carbocycles. The van der Waals surface area contributed by atoms with Crippen LogP contribution in [0.15, 0.2) is 12.1 Å². The SMILES string of the molecule is CN1CCN(C(=O)c2ccc(Cl)nc2Cl)C(C)(C)C1=O. The van der Waals surface area contributed by atoms with Gasteiger partial charge in [0, 0.05) is 20.1 Å². The molecule has 0 atom stereocenters. The van der Waals surface area contributed by atoms with Crippen LogP contribution in [0.3, 0.4) is 0 Å². The predicted octanol–water partition coefficient (Wildman–Crippen LogP) is 2.08. The van der Waals surface area contributed by atoms with Crippen LogP contribution < -0.4 is 0 Å². The van der Waals surface area contributed by atoms with Gasteiger partial charge in [0.2, 0.25) is 5.91 Å². The van der Waals surface area contributed by atoms with Gasteiger partial charge in [0.25, 0.3) is 5.91 Å². The first kappa shape index (κ1) is 15.1. The highest BCUT2D eigenvalue weighted by Crippen LogP contribution is 2.26. The molecule has 0 bridgehead atoms. The van der Waals surface area contributed by atoms with E-state index in [4.69, 9.17) is 23.2 Å². The third-order valence-electron chi connectivity index (χ3n) is 3.49. The first-order valence-electron chi connectivity index (χ1n) is 6.14. The largest absolute Gasteiger partial charge is 0.342 e. The zero-order chi connectivity index (χ0) is 15.1. The smallest absolute Gasteiger partial charge is 0.257 e. The van der Waals surface area contributed by atoms with Crippen molar-refractivity contribution in [2.75, 3.05) is 20.1 Å². The average Bonchev–Trinajstić information content (AvgIpc) is 2.35. The van der Waals surface area contributed by atoms with Crippen molar-refractivity contribution < 1.29 is 9.59 Å². The Morgan fingerprint density at radius 2 is 1.95 bits per heavy atom. The molecule has 1 fully saturated rings. The summed E-state index contributed by atoms with van der Waals surface area (Å²) in [7, 11) is 1.72. The fourth-order valence-electron chi connectivity index (χ4n) is 2.29. The van der Waals surface area contributed by atoms with Crippen LogP contribution in [0.4, 0.5) is 0 Å². The molecule has 2 rings (SSSR count). The Balaban J connectivity index is 2.35. The zero-order valence-corrected chi connectivity index (χ0v) is 13.0. The lowest BCUT2D eigenvalue weighted by Gasteiger charge is -2.44. The number of halogens is 2. The lowest BCUT2D eigenvalue weighted by Crippen LogP contribution is -2.63. The van der Waals surface area contributed by atoms with Crippen LogP contribution in [0, 0.1) is 0 Å². The van der Waals surface area contributed by atoms with Gasteiger partial charge in [0.15, 0.2) is 0 Å². The summed E-state index contributed by atoms with van der Waals surface area (Å²) in [5.41, 5.74) is -0.658. The van der Waals surface area contributed by atoms with Gasteiger partial charge in [0.05, 0.1) is 5.56 Å². The van der Waals surface area contributed by atoms with Crippen molar-refractivity contribution in [3.8, 4) is 0 Å². The number of nitrogens with zero attached hydrogens (tertiary/aromatic N) is 3. The molecule has 1 saturated heterocycles. The first-order chi connectivity index (χ1) is 9.25. The van der Waals surface area contributed by atoms with E-state index in [9.17, 15) is 9.59 Å². The van der Waals surface area contributed by atoms with Gasteiger partial charge >= 0.3 is 0 Å². The van der Waals surface area contributed by atoms with Crippen molar-refractivity contribution in [3.05, 3.63) is 28.0 Å². The Morgan fingerprint density at radius 1 is 1.30 bits per heavy atom. The van der Waals surface area contributed by atoms with Crippen molar-refractivity contribution in [2.24, 2.45) is 0 Å². The van der Waals surface area contributed by atoms with Crippen LogP contribution in [0.1, 0.15) is 24.2 Å². The van der Waals surface area contributed by atoms with Crippen molar-refractivity contribution in [3.63, 3.8) is 0 Å². The van der Waals surface area contributed by atoms with Gasteiger partial charge in [-0.3, -0.25) is 9.59 Å². The highest BCUT2D eigenvalue weighted by molar-refractivity contribution is 6.34. The molecule has 0 radical (unpaired) electrons. The Kier molecular flexibility index (Phi) is 3.93. The standard InChI is InChI=1S/C13H15Cl2N3O2/c1-13(2)12(20)17(3)6-7-18(13)11(19)8-4-5-9(14)16-10(8)15/h4-5H,6-7H2,1-3H3. The molecular weight excluding hydrogens is 301 g/mol. The number of carbonyl (C=O) groups excluding carboxylic acids is 2. The van der Waals surface area contributed by atoms with Crippen LogP contribution in [0.25, 0.3) is 0 Å². The van der Waals surface area contributed by atoms with Gasteiger partial charge in [-0.25, -0.2) is 4.98 Å². The number of hydrogen-bond donors (Lipinski definition) is 0. The van der Waals surface area contributed by atoms with E-state index in [-0.39, 0.29) is 27.7 Å². The van der Waals surface area contributed by atoms with Gasteiger partial charge in [0.1, 0.15) is 15.8 Å². The summed E-state index contributed by atoms with van der Waals surface area (Å²) in [5, 5.41) is 0.268. The maximum atomic E-state index is 12.6. The number of aromatic nitrogens is 1. The van der Waals surface area contributed by atoms with E-state index in [1.54, 1.807) is 25.8 Å². The third kappa shape index (κ3) is 2.47. The Morgan fingerprint density at radius 3 is 2.55 bits per heavy atom. The van der Waals surface area contributed by atoms with Gasteiger partial charge in [-0.2, -0.15) is 0 Å².